The van der Waals surface area contributed by atoms with E-state index in [1.165, 1.54) is 42.9 Å². The standard InChI is InChI=1S/C66H42N4/c1-3-15-47-37-49(35-25-41(47)13-1)51-39-58(50-36-26-42-14-2-4-16-48(42)38-50)65-59(40-51)64(45-29-27-43(28-30-45)62-56-21-7-5-17-52(56)54-19-9-11-23-60(54)67-62)69-66(70-65)46-33-31-44(32-34-46)63-57-22-8-6-18-53(57)55-20-10-12-24-61(55)68-63/h1-40,60,67H. The first-order valence-electron chi connectivity index (χ1n) is 24.0. The summed E-state index contributed by atoms with van der Waals surface area (Å²) in [5, 5.41) is 15.6. The highest BCUT2D eigenvalue weighted by molar-refractivity contribution is 6.11. The van der Waals surface area contributed by atoms with Crippen LogP contribution in [0.4, 0.5) is 0 Å². The highest BCUT2D eigenvalue weighted by Gasteiger charge is 2.22. The Balaban J connectivity index is 0.985. The number of pyridine rings is 1. The van der Waals surface area contributed by atoms with Gasteiger partial charge in [-0.05, 0) is 90.3 Å². The molecule has 4 nitrogen and oxygen atoms in total. The largest absolute Gasteiger partial charge is 0.374 e. The Morgan fingerprint density at radius 1 is 0.357 bits per heavy atom. The maximum Gasteiger partial charge on any atom is 0.160 e. The van der Waals surface area contributed by atoms with Gasteiger partial charge in [-0.2, -0.15) is 0 Å². The molecule has 0 spiro atoms. The second kappa shape index (κ2) is 16.2. The highest BCUT2D eigenvalue weighted by Crippen LogP contribution is 2.41. The number of hydrogen-bond acceptors (Lipinski definition) is 4. The normalized spacial score (nSPS) is 14.1. The second-order valence-corrected chi connectivity index (χ2v) is 18.4. The van der Waals surface area contributed by atoms with Crippen molar-refractivity contribution in [2.24, 2.45) is 0 Å². The summed E-state index contributed by atoms with van der Waals surface area (Å²) in [6.07, 6.45) is 8.71. The van der Waals surface area contributed by atoms with Crippen LogP contribution in [0.15, 0.2) is 243 Å². The molecule has 70 heavy (non-hydrogen) atoms. The van der Waals surface area contributed by atoms with Gasteiger partial charge in [0.1, 0.15) is 0 Å². The lowest BCUT2D eigenvalue weighted by Gasteiger charge is -2.26. The zero-order valence-corrected chi connectivity index (χ0v) is 38.0. The van der Waals surface area contributed by atoms with Gasteiger partial charge in [0.2, 0.25) is 0 Å². The number of para-hydroxylation sites is 1. The van der Waals surface area contributed by atoms with Crippen molar-refractivity contribution in [2.75, 3.05) is 0 Å². The van der Waals surface area contributed by atoms with E-state index in [4.69, 9.17) is 15.0 Å². The molecule has 0 radical (unpaired) electrons. The molecule has 1 aliphatic heterocycles. The van der Waals surface area contributed by atoms with Gasteiger partial charge in [0.05, 0.1) is 34.2 Å². The van der Waals surface area contributed by atoms with Gasteiger partial charge in [-0.1, -0.05) is 212 Å². The van der Waals surface area contributed by atoms with Crippen LogP contribution in [0.2, 0.25) is 0 Å². The van der Waals surface area contributed by atoms with Gasteiger partial charge in [0.25, 0.3) is 0 Å². The summed E-state index contributed by atoms with van der Waals surface area (Å²) in [6, 6.07) is 78.6. The van der Waals surface area contributed by atoms with Crippen LogP contribution in [-0.4, -0.2) is 21.0 Å². The van der Waals surface area contributed by atoms with E-state index in [-0.39, 0.29) is 6.04 Å². The van der Waals surface area contributed by atoms with Gasteiger partial charge in [0, 0.05) is 43.6 Å². The summed E-state index contributed by atoms with van der Waals surface area (Å²) in [7, 11) is 0. The Morgan fingerprint density at radius 2 is 0.929 bits per heavy atom. The van der Waals surface area contributed by atoms with Crippen LogP contribution in [0, 0.1) is 0 Å². The van der Waals surface area contributed by atoms with Crippen molar-refractivity contribution < 1.29 is 0 Å². The first-order valence-corrected chi connectivity index (χ1v) is 24.0. The van der Waals surface area contributed by atoms with Crippen molar-refractivity contribution in [3.63, 3.8) is 0 Å². The summed E-state index contributed by atoms with van der Waals surface area (Å²) < 4.78 is 0. The maximum absolute atomic E-state index is 5.57. The molecule has 2 aliphatic rings. The lowest BCUT2D eigenvalue weighted by molar-refractivity contribution is 0.851. The van der Waals surface area contributed by atoms with Gasteiger partial charge in [-0.25, -0.2) is 15.0 Å². The summed E-state index contributed by atoms with van der Waals surface area (Å²) >= 11 is 0. The average molecular weight is 891 g/mol. The summed E-state index contributed by atoms with van der Waals surface area (Å²) in [6.45, 7) is 0. The Kier molecular flexibility index (Phi) is 9.24. The van der Waals surface area contributed by atoms with Crippen molar-refractivity contribution in [3.05, 3.63) is 259 Å². The molecule has 10 aromatic carbocycles. The van der Waals surface area contributed by atoms with Crippen molar-refractivity contribution in [3.8, 4) is 56.2 Å². The third-order valence-corrected chi connectivity index (χ3v) is 14.2. The van der Waals surface area contributed by atoms with Gasteiger partial charge < -0.3 is 5.32 Å². The number of rotatable bonds is 6. The fraction of sp³-hybridized carbons (Fsp3) is 0.0152. The SMILES string of the molecule is C1=CC2=c3ccccc3=C(c3ccc(-c4nc(-c5ccc(-c6nc7ccccc7c7ccccc67)cc5)nc5c(-c6ccc7ccccc7c6)cc(-c6ccc7ccccc7c6)cc45)cc3)NC2C=C1. The third-order valence-electron chi connectivity index (χ3n) is 14.2. The lowest BCUT2D eigenvalue weighted by Crippen LogP contribution is -2.45. The van der Waals surface area contributed by atoms with Gasteiger partial charge in [-0.3, -0.25) is 0 Å². The molecule has 1 atom stereocenters. The summed E-state index contributed by atoms with van der Waals surface area (Å²) in [5.41, 5.74) is 14.6. The molecule has 1 aliphatic carbocycles. The van der Waals surface area contributed by atoms with Crippen LogP contribution in [0.3, 0.4) is 0 Å². The van der Waals surface area contributed by atoms with E-state index < -0.39 is 0 Å². The Labute approximate surface area is 404 Å². The van der Waals surface area contributed by atoms with Crippen molar-refractivity contribution >= 4 is 65.4 Å². The van der Waals surface area contributed by atoms with E-state index in [9.17, 15) is 0 Å². The van der Waals surface area contributed by atoms with Crippen molar-refractivity contribution in [2.45, 2.75) is 6.04 Å². The first kappa shape index (κ1) is 39.9. The molecule has 1 N–H and O–H groups in total. The van der Waals surface area contributed by atoms with E-state index in [0.717, 1.165) is 88.8 Å². The molecule has 1 unspecified atom stereocenters. The Bertz CT molecular complexity index is 4320. The molecule has 2 aromatic heterocycles. The van der Waals surface area contributed by atoms with Crippen LogP contribution in [0.25, 0.3) is 122 Å². The molecule has 14 rings (SSSR count). The van der Waals surface area contributed by atoms with Crippen LogP contribution in [-0.2, 0) is 0 Å². The molecule has 12 aromatic rings. The molecule has 326 valence electrons. The second-order valence-electron chi connectivity index (χ2n) is 18.4. The molecule has 0 saturated carbocycles. The highest BCUT2D eigenvalue weighted by atomic mass is 14.9. The average Bonchev–Trinajstić information content (AvgIpc) is 3.44. The predicted molar refractivity (Wildman–Crippen MR) is 291 cm³/mol. The van der Waals surface area contributed by atoms with E-state index >= 15 is 0 Å². The molecule has 0 fully saturated rings. The number of hydrogen-bond donors (Lipinski definition) is 1. The van der Waals surface area contributed by atoms with Crippen LogP contribution in [0.5, 0.6) is 0 Å². The van der Waals surface area contributed by atoms with Crippen molar-refractivity contribution in [1.29, 1.82) is 0 Å². The van der Waals surface area contributed by atoms with E-state index in [1.807, 2.05) is 0 Å². The fourth-order valence-corrected chi connectivity index (χ4v) is 10.7. The molecular formula is C66H42N4. The zero-order valence-electron chi connectivity index (χ0n) is 38.0. The van der Waals surface area contributed by atoms with Gasteiger partial charge >= 0.3 is 0 Å². The summed E-state index contributed by atoms with van der Waals surface area (Å²) in [5.74, 6) is 0.660. The van der Waals surface area contributed by atoms with E-state index in [2.05, 4.69) is 248 Å². The number of nitrogens with zero attached hydrogens (tertiary/aromatic N) is 3. The maximum atomic E-state index is 5.57. The summed E-state index contributed by atoms with van der Waals surface area (Å²) in [4.78, 5) is 16.3. The molecule has 0 amide bonds. The molecule has 0 bridgehead atoms. The minimum absolute atomic E-state index is 0.104. The topological polar surface area (TPSA) is 50.7 Å². The third kappa shape index (κ3) is 6.72. The molecule has 3 heterocycles. The monoisotopic (exact) mass is 890 g/mol. The molecule has 4 heteroatoms. The number of fused-ring (bicyclic) bond motifs is 8. The van der Waals surface area contributed by atoms with Gasteiger partial charge in [-0.15, -0.1) is 0 Å². The minimum atomic E-state index is 0.104. The molecular weight excluding hydrogens is 849 g/mol. The first-order chi connectivity index (χ1) is 34.7. The van der Waals surface area contributed by atoms with Crippen LogP contribution >= 0.6 is 0 Å². The smallest absolute Gasteiger partial charge is 0.160 e. The predicted octanol–water partition coefficient (Wildman–Crippen LogP) is 14.4. The van der Waals surface area contributed by atoms with Crippen LogP contribution < -0.4 is 15.8 Å². The fourth-order valence-electron chi connectivity index (χ4n) is 10.7. The molecule has 0 saturated heterocycles. The number of aromatic nitrogens is 3. The number of benzene rings is 10. The zero-order chi connectivity index (χ0) is 46.1. The van der Waals surface area contributed by atoms with Gasteiger partial charge in [0.15, 0.2) is 5.82 Å². The van der Waals surface area contributed by atoms with Crippen molar-refractivity contribution in [1.82, 2.24) is 20.3 Å². The lowest BCUT2D eigenvalue weighted by atomic mass is 9.91. The number of nitrogens with one attached hydrogen (secondary N) is 1. The van der Waals surface area contributed by atoms with E-state index in [1.54, 1.807) is 0 Å². The minimum Gasteiger partial charge on any atom is -0.374 e. The van der Waals surface area contributed by atoms with E-state index in [0.29, 0.717) is 5.82 Å². The Hall–Kier alpha value is -9.25. The van der Waals surface area contributed by atoms with Crippen LogP contribution in [0.1, 0.15) is 5.56 Å². The Morgan fingerprint density at radius 3 is 1.69 bits per heavy atom. The number of allylic oxidation sites excluding steroid dienone is 2. The quantitative estimate of drug-likeness (QED) is 0.169.